The van der Waals surface area contributed by atoms with Gasteiger partial charge in [0.2, 0.25) is 0 Å². The fraction of sp³-hybridized carbons (Fsp3) is 0.214. The van der Waals surface area contributed by atoms with E-state index in [1.807, 2.05) is 36.4 Å². The van der Waals surface area contributed by atoms with E-state index < -0.39 is 0 Å². The first-order chi connectivity index (χ1) is 9.74. The highest BCUT2D eigenvalue weighted by Gasteiger charge is 2.01. The van der Waals surface area contributed by atoms with E-state index in [1.165, 1.54) is 0 Å². The van der Waals surface area contributed by atoms with Crippen LogP contribution in [0.25, 0.3) is 0 Å². The standard InChI is InChI=1S/C14H15IN2O2S/c15-11-3-5-12(6-4-11)17-14(18)16-7-9-20-10-13-2-1-8-19-13/h1-6,8H,7,9-10H2,(H2,16,17,18). The number of benzene rings is 1. The van der Waals surface area contributed by atoms with Crippen molar-refractivity contribution in [3.8, 4) is 0 Å². The number of rotatable bonds is 6. The molecule has 0 aliphatic rings. The van der Waals surface area contributed by atoms with Crippen molar-refractivity contribution in [1.29, 1.82) is 0 Å². The van der Waals surface area contributed by atoms with Gasteiger partial charge in [0, 0.05) is 21.6 Å². The summed E-state index contributed by atoms with van der Waals surface area (Å²) < 4.78 is 6.37. The molecule has 0 atom stereocenters. The largest absolute Gasteiger partial charge is 0.468 e. The van der Waals surface area contributed by atoms with Crippen LogP contribution in [-0.2, 0) is 5.75 Å². The fourth-order valence-corrected chi connectivity index (χ4v) is 2.63. The van der Waals surface area contributed by atoms with Gasteiger partial charge in [-0.05, 0) is 59.0 Å². The molecule has 6 heteroatoms. The minimum atomic E-state index is -0.176. The Morgan fingerprint density at radius 1 is 1.25 bits per heavy atom. The molecule has 0 unspecified atom stereocenters. The molecule has 1 heterocycles. The van der Waals surface area contributed by atoms with Gasteiger partial charge in [0.15, 0.2) is 0 Å². The molecule has 1 aromatic heterocycles. The maximum Gasteiger partial charge on any atom is 0.319 e. The van der Waals surface area contributed by atoms with Crippen molar-refractivity contribution in [3.05, 3.63) is 52.0 Å². The fourth-order valence-electron chi connectivity index (χ4n) is 1.51. The Bertz CT molecular complexity index is 529. The third-order valence-electron chi connectivity index (χ3n) is 2.46. The maximum atomic E-state index is 11.6. The Labute approximate surface area is 135 Å². The first kappa shape index (κ1) is 15.2. The summed E-state index contributed by atoms with van der Waals surface area (Å²) in [5, 5.41) is 5.61. The molecule has 2 N–H and O–H groups in total. The van der Waals surface area contributed by atoms with Gasteiger partial charge < -0.3 is 15.1 Å². The van der Waals surface area contributed by atoms with Crippen molar-refractivity contribution in [3.63, 3.8) is 0 Å². The second kappa shape index (κ2) is 8.21. The number of anilines is 1. The van der Waals surface area contributed by atoms with Gasteiger partial charge in [-0.15, -0.1) is 0 Å². The molecular formula is C14H15IN2O2S. The van der Waals surface area contributed by atoms with Gasteiger partial charge in [-0.1, -0.05) is 0 Å². The van der Waals surface area contributed by atoms with Crippen molar-refractivity contribution >= 4 is 46.1 Å². The average Bonchev–Trinajstić information content (AvgIpc) is 2.94. The van der Waals surface area contributed by atoms with Gasteiger partial charge in [-0.25, -0.2) is 4.79 Å². The molecule has 4 nitrogen and oxygen atoms in total. The number of thioether (sulfide) groups is 1. The van der Waals surface area contributed by atoms with E-state index in [0.717, 1.165) is 26.5 Å². The van der Waals surface area contributed by atoms with Gasteiger partial charge >= 0.3 is 6.03 Å². The molecule has 0 fully saturated rings. The Morgan fingerprint density at radius 3 is 2.75 bits per heavy atom. The lowest BCUT2D eigenvalue weighted by Gasteiger charge is -2.07. The smallest absolute Gasteiger partial charge is 0.319 e. The molecule has 0 saturated heterocycles. The van der Waals surface area contributed by atoms with E-state index in [2.05, 4.69) is 33.2 Å². The maximum absolute atomic E-state index is 11.6. The minimum absolute atomic E-state index is 0.176. The van der Waals surface area contributed by atoms with Gasteiger partial charge in [0.1, 0.15) is 5.76 Å². The predicted molar refractivity (Wildman–Crippen MR) is 91.1 cm³/mol. The summed E-state index contributed by atoms with van der Waals surface area (Å²) in [7, 11) is 0. The molecule has 106 valence electrons. The van der Waals surface area contributed by atoms with Crippen LogP contribution in [0.15, 0.2) is 47.1 Å². The summed E-state index contributed by atoms with van der Waals surface area (Å²) in [4.78, 5) is 11.6. The average molecular weight is 402 g/mol. The van der Waals surface area contributed by atoms with E-state index in [0.29, 0.717) is 6.54 Å². The third-order valence-corrected chi connectivity index (χ3v) is 4.16. The first-order valence-corrected chi connectivity index (χ1v) is 8.38. The number of hydrogen-bond acceptors (Lipinski definition) is 3. The Morgan fingerprint density at radius 2 is 2.05 bits per heavy atom. The molecule has 0 aliphatic carbocycles. The second-order valence-corrected chi connectivity index (χ2v) is 6.37. The topological polar surface area (TPSA) is 54.3 Å². The molecule has 2 rings (SSSR count). The van der Waals surface area contributed by atoms with Crippen LogP contribution in [0, 0.1) is 3.57 Å². The first-order valence-electron chi connectivity index (χ1n) is 6.14. The van der Waals surface area contributed by atoms with E-state index in [1.54, 1.807) is 18.0 Å². The van der Waals surface area contributed by atoms with Crippen LogP contribution in [0.4, 0.5) is 10.5 Å². The summed E-state index contributed by atoms with van der Waals surface area (Å²) in [6.07, 6.45) is 1.67. The molecule has 2 aromatic rings. The molecule has 0 saturated carbocycles. The number of carbonyl (C=O) groups is 1. The Kier molecular flexibility index (Phi) is 6.25. The molecule has 0 bridgehead atoms. The van der Waals surface area contributed by atoms with E-state index in [9.17, 15) is 4.79 Å². The number of amides is 2. The van der Waals surface area contributed by atoms with Gasteiger partial charge in [-0.2, -0.15) is 11.8 Å². The van der Waals surface area contributed by atoms with Crippen molar-refractivity contribution in [1.82, 2.24) is 5.32 Å². The van der Waals surface area contributed by atoms with Crippen LogP contribution in [0.3, 0.4) is 0 Å². The Hall–Kier alpha value is -1.15. The summed E-state index contributed by atoms with van der Waals surface area (Å²) in [5.74, 6) is 2.63. The molecule has 0 spiro atoms. The number of urea groups is 1. The van der Waals surface area contributed by atoms with E-state index >= 15 is 0 Å². The molecule has 0 aliphatic heterocycles. The summed E-state index contributed by atoms with van der Waals surface area (Å²) in [5.41, 5.74) is 0.797. The Balaban J connectivity index is 1.59. The number of halogens is 1. The number of carbonyl (C=O) groups excluding carboxylic acids is 1. The lowest BCUT2D eigenvalue weighted by atomic mass is 10.3. The quantitative estimate of drug-likeness (QED) is 0.569. The van der Waals surface area contributed by atoms with Gasteiger partial charge in [0.05, 0.1) is 12.0 Å². The zero-order valence-electron chi connectivity index (χ0n) is 10.8. The molecule has 0 radical (unpaired) electrons. The van der Waals surface area contributed by atoms with Crippen molar-refractivity contribution < 1.29 is 9.21 Å². The molecule has 20 heavy (non-hydrogen) atoms. The molecule has 2 amide bonds. The van der Waals surface area contributed by atoms with E-state index in [4.69, 9.17) is 4.42 Å². The second-order valence-electron chi connectivity index (χ2n) is 4.02. The zero-order chi connectivity index (χ0) is 14.2. The predicted octanol–water partition coefficient (Wildman–Crippen LogP) is 3.94. The highest BCUT2D eigenvalue weighted by molar-refractivity contribution is 14.1. The summed E-state index contributed by atoms with van der Waals surface area (Å²) in [6, 6.07) is 11.3. The van der Waals surface area contributed by atoms with Crippen LogP contribution < -0.4 is 10.6 Å². The van der Waals surface area contributed by atoms with Crippen LogP contribution in [0.2, 0.25) is 0 Å². The van der Waals surface area contributed by atoms with Crippen LogP contribution in [0.1, 0.15) is 5.76 Å². The SMILES string of the molecule is O=C(NCCSCc1ccco1)Nc1ccc(I)cc1. The van der Waals surface area contributed by atoms with Crippen LogP contribution >= 0.6 is 34.4 Å². The highest BCUT2D eigenvalue weighted by Crippen LogP contribution is 2.12. The summed E-state index contributed by atoms with van der Waals surface area (Å²) in [6.45, 7) is 0.627. The van der Waals surface area contributed by atoms with Gasteiger partial charge in [0.25, 0.3) is 0 Å². The van der Waals surface area contributed by atoms with Crippen molar-refractivity contribution in [2.75, 3.05) is 17.6 Å². The van der Waals surface area contributed by atoms with Crippen molar-refractivity contribution in [2.24, 2.45) is 0 Å². The molecular weight excluding hydrogens is 387 g/mol. The van der Waals surface area contributed by atoms with E-state index in [-0.39, 0.29) is 6.03 Å². The zero-order valence-corrected chi connectivity index (χ0v) is 13.7. The van der Waals surface area contributed by atoms with Crippen LogP contribution in [0.5, 0.6) is 0 Å². The monoisotopic (exact) mass is 402 g/mol. The molecule has 1 aromatic carbocycles. The number of hydrogen-bond donors (Lipinski definition) is 2. The minimum Gasteiger partial charge on any atom is -0.468 e. The van der Waals surface area contributed by atoms with Gasteiger partial charge in [-0.3, -0.25) is 0 Å². The third kappa shape index (κ3) is 5.46. The normalized spacial score (nSPS) is 10.2. The van der Waals surface area contributed by atoms with Crippen LogP contribution in [-0.4, -0.2) is 18.3 Å². The summed E-state index contributed by atoms with van der Waals surface area (Å²) >= 11 is 3.95. The lowest BCUT2D eigenvalue weighted by Crippen LogP contribution is -2.30. The number of nitrogens with one attached hydrogen (secondary N) is 2. The number of furan rings is 1. The highest BCUT2D eigenvalue weighted by atomic mass is 127. The lowest BCUT2D eigenvalue weighted by molar-refractivity contribution is 0.252. The van der Waals surface area contributed by atoms with Crippen molar-refractivity contribution in [2.45, 2.75) is 5.75 Å².